The number of imidazole rings is 1. The summed E-state index contributed by atoms with van der Waals surface area (Å²) in [6.07, 6.45) is 8.69. The van der Waals surface area contributed by atoms with Crippen molar-refractivity contribution in [2.24, 2.45) is 17.8 Å². The van der Waals surface area contributed by atoms with Gasteiger partial charge in [0, 0.05) is 12.0 Å². The van der Waals surface area contributed by atoms with Crippen LogP contribution < -0.4 is 5.56 Å². The van der Waals surface area contributed by atoms with E-state index in [0.29, 0.717) is 17.7 Å². The average molecular weight is 347 g/mol. The predicted molar refractivity (Wildman–Crippen MR) is 93.3 cm³/mol. The first-order chi connectivity index (χ1) is 11.6. The third-order valence-corrected chi connectivity index (χ3v) is 6.84. The summed E-state index contributed by atoms with van der Waals surface area (Å²) in [6, 6.07) is 0. The van der Waals surface area contributed by atoms with E-state index in [-0.39, 0.29) is 16.3 Å². The molecule has 0 unspecified atom stereocenters. The third-order valence-electron chi connectivity index (χ3n) is 6.55. The maximum absolute atomic E-state index is 12.7. The molecule has 4 fully saturated rings. The van der Waals surface area contributed by atoms with Gasteiger partial charge in [0.2, 0.25) is 5.28 Å². The molecular weight excluding hydrogens is 324 g/mol. The van der Waals surface area contributed by atoms with Gasteiger partial charge in [-0.25, -0.2) is 4.98 Å². The fraction of sp³-hybridized carbons (Fsp3) is 0.722. The van der Waals surface area contributed by atoms with E-state index in [1.807, 2.05) is 6.92 Å². The zero-order valence-corrected chi connectivity index (χ0v) is 14.8. The Hall–Kier alpha value is -1.36. The molecule has 4 aliphatic rings. The Morgan fingerprint density at radius 3 is 2.38 bits per heavy atom. The number of aromatic amines is 1. The quantitative estimate of drug-likeness (QED) is 0.863. The molecule has 0 amide bonds. The summed E-state index contributed by atoms with van der Waals surface area (Å²) in [4.78, 5) is 25.3. The van der Waals surface area contributed by atoms with Crippen LogP contribution in [0.25, 0.3) is 11.2 Å². The number of nitrogens with one attached hydrogen (secondary N) is 1. The van der Waals surface area contributed by atoms with Gasteiger partial charge >= 0.3 is 0 Å². The van der Waals surface area contributed by atoms with E-state index in [1.54, 1.807) is 4.57 Å². The molecule has 24 heavy (non-hydrogen) atoms. The molecule has 5 nitrogen and oxygen atoms in total. The number of rotatable bonds is 3. The van der Waals surface area contributed by atoms with Crippen LogP contribution >= 0.6 is 11.6 Å². The fourth-order valence-electron chi connectivity index (χ4n) is 6.03. The average Bonchev–Trinajstić information content (AvgIpc) is 2.95. The van der Waals surface area contributed by atoms with Crippen LogP contribution in [0.2, 0.25) is 5.28 Å². The van der Waals surface area contributed by atoms with Crippen molar-refractivity contribution in [3.8, 4) is 0 Å². The lowest BCUT2D eigenvalue weighted by molar-refractivity contribution is -0.00888. The smallest absolute Gasteiger partial charge is 0.280 e. The molecule has 128 valence electrons. The second kappa shape index (κ2) is 5.07. The molecule has 6 rings (SSSR count). The van der Waals surface area contributed by atoms with Gasteiger partial charge in [-0.05, 0) is 74.3 Å². The van der Waals surface area contributed by atoms with Gasteiger partial charge in [-0.3, -0.25) is 9.36 Å². The lowest BCUT2D eigenvalue weighted by Gasteiger charge is -2.55. The molecular formula is C18H23ClN4O. The molecule has 0 aromatic carbocycles. The van der Waals surface area contributed by atoms with Crippen LogP contribution in [-0.4, -0.2) is 19.5 Å². The number of hydrogen-bond donors (Lipinski definition) is 1. The molecule has 4 bridgehead atoms. The van der Waals surface area contributed by atoms with Crippen molar-refractivity contribution in [2.75, 3.05) is 0 Å². The molecule has 4 saturated carbocycles. The van der Waals surface area contributed by atoms with Crippen molar-refractivity contribution in [1.82, 2.24) is 19.5 Å². The van der Waals surface area contributed by atoms with Gasteiger partial charge in [-0.2, -0.15) is 4.98 Å². The maximum atomic E-state index is 12.7. The van der Waals surface area contributed by atoms with Crippen LogP contribution in [0.15, 0.2) is 4.79 Å². The van der Waals surface area contributed by atoms with Crippen LogP contribution in [0.4, 0.5) is 0 Å². The number of aromatic nitrogens is 4. The number of nitrogens with zero attached hydrogens (tertiary/aromatic N) is 3. The number of hydrogen-bond acceptors (Lipinski definition) is 3. The molecule has 0 atom stereocenters. The van der Waals surface area contributed by atoms with Crippen molar-refractivity contribution in [3.63, 3.8) is 0 Å². The highest BCUT2D eigenvalue weighted by Gasteiger charge is 2.53. The minimum Gasteiger partial charge on any atom is -0.336 e. The van der Waals surface area contributed by atoms with Gasteiger partial charge < -0.3 is 4.98 Å². The zero-order valence-electron chi connectivity index (χ0n) is 14.0. The van der Waals surface area contributed by atoms with Crippen molar-refractivity contribution < 1.29 is 0 Å². The SMILES string of the molecule is CCCn1c(Cl)nc2nc(C34CC5CC(CC(C5)C3)C4)[nH]c2c1=O. The lowest BCUT2D eigenvalue weighted by atomic mass is 9.49. The van der Waals surface area contributed by atoms with Crippen LogP contribution in [0.1, 0.15) is 57.7 Å². The molecule has 2 heterocycles. The second-order valence-corrected chi connectivity index (χ2v) is 8.66. The fourth-order valence-corrected chi connectivity index (χ4v) is 6.27. The van der Waals surface area contributed by atoms with E-state index in [0.717, 1.165) is 30.0 Å². The van der Waals surface area contributed by atoms with Crippen molar-refractivity contribution in [3.05, 3.63) is 21.5 Å². The molecule has 2 aromatic heterocycles. The number of halogens is 1. The zero-order chi connectivity index (χ0) is 16.5. The van der Waals surface area contributed by atoms with Gasteiger partial charge in [0.25, 0.3) is 5.56 Å². The largest absolute Gasteiger partial charge is 0.336 e. The van der Waals surface area contributed by atoms with Gasteiger partial charge in [0.1, 0.15) is 5.82 Å². The number of fused-ring (bicyclic) bond motifs is 1. The number of H-pyrrole nitrogens is 1. The van der Waals surface area contributed by atoms with Crippen molar-refractivity contribution in [2.45, 2.75) is 63.8 Å². The van der Waals surface area contributed by atoms with Crippen LogP contribution in [0, 0.1) is 17.8 Å². The molecule has 0 spiro atoms. The van der Waals surface area contributed by atoms with E-state index < -0.39 is 0 Å². The van der Waals surface area contributed by atoms with Crippen molar-refractivity contribution in [1.29, 1.82) is 0 Å². The first-order valence-corrected chi connectivity index (χ1v) is 9.62. The van der Waals surface area contributed by atoms with Crippen molar-refractivity contribution >= 4 is 22.8 Å². The van der Waals surface area contributed by atoms with Gasteiger partial charge in [0.05, 0.1) is 0 Å². The molecule has 1 N–H and O–H groups in total. The maximum Gasteiger partial charge on any atom is 0.280 e. The highest BCUT2D eigenvalue weighted by Crippen LogP contribution is 2.60. The Kier molecular flexibility index (Phi) is 3.16. The van der Waals surface area contributed by atoms with Crippen LogP contribution in [-0.2, 0) is 12.0 Å². The highest BCUT2D eigenvalue weighted by molar-refractivity contribution is 6.28. The van der Waals surface area contributed by atoms with Gasteiger partial charge in [0.15, 0.2) is 11.2 Å². The Balaban J connectivity index is 1.63. The summed E-state index contributed by atoms with van der Waals surface area (Å²) in [5.41, 5.74) is 1.07. The highest BCUT2D eigenvalue weighted by atomic mass is 35.5. The molecule has 6 heteroatoms. The summed E-state index contributed by atoms with van der Waals surface area (Å²) in [5, 5.41) is 0.248. The van der Waals surface area contributed by atoms with E-state index in [1.165, 1.54) is 38.5 Å². The Bertz CT molecular complexity index is 832. The van der Waals surface area contributed by atoms with E-state index in [9.17, 15) is 4.79 Å². The van der Waals surface area contributed by atoms with Gasteiger partial charge in [-0.1, -0.05) is 6.92 Å². The summed E-state index contributed by atoms with van der Waals surface area (Å²) in [6.45, 7) is 2.62. The Morgan fingerprint density at radius 2 is 1.79 bits per heavy atom. The normalized spacial score (nSPS) is 34.3. The molecule has 4 aliphatic carbocycles. The predicted octanol–water partition coefficient (Wildman–Crippen LogP) is 3.65. The first kappa shape index (κ1) is 14.9. The van der Waals surface area contributed by atoms with Crippen LogP contribution in [0.5, 0.6) is 0 Å². The standard InChI is InChI=1S/C18H23ClN4O/c1-2-3-23-15(24)13-14(22-17(23)19)21-16(20-13)18-7-10-4-11(8-18)6-12(5-10)9-18/h10-12H,2-9H2,1H3,(H,20,21). The summed E-state index contributed by atoms with van der Waals surface area (Å²) >= 11 is 6.21. The van der Waals surface area contributed by atoms with E-state index in [4.69, 9.17) is 16.6 Å². The van der Waals surface area contributed by atoms with E-state index in [2.05, 4.69) is 9.97 Å². The second-order valence-electron chi connectivity index (χ2n) is 8.32. The summed E-state index contributed by atoms with van der Waals surface area (Å²) in [7, 11) is 0. The molecule has 2 aromatic rings. The monoisotopic (exact) mass is 346 g/mol. The Morgan fingerprint density at radius 1 is 1.17 bits per heavy atom. The molecule has 0 radical (unpaired) electrons. The minimum absolute atomic E-state index is 0.0877. The topological polar surface area (TPSA) is 63.6 Å². The van der Waals surface area contributed by atoms with E-state index >= 15 is 0 Å². The minimum atomic E-state index is -0.0877. The first-order valence-electron chi connectivity index (χ1n) is 9.24. The van der Waals surface area contributed by atoms with Gasteiger partial charge in [-0.15, -0.1) is 0 Å². The lowest BCUT2D eigenvalue weighted by Crippen LogP contribution is -2.49. The summed E-state index contributed by atoms with van der Waals surface area (Å²) < 4.78 is 1.55. The Labute approximate surface area is 145 Å². The molecule has 0 aliphatic heterocycles. The summed E-state index contributed by atoms with van der Waals surface area (Å²) in [5.74, 6) is 3.53. The molecule has 0 saturated heterocycles. The third kappa shape index (κ3) is 2.03. The van der Waals surface area contributed by atoms with Crippen LogP contribution in [0.3, 0.4) is 0 Å².